The fourth-order valence-corrected chi connectivity index (χ4v) is 3.62. The molecule has 32 heavy (non-hydrogen) atoms. The van der Waals surface area contributed by atoms with E-state index in [1.54, 1.807) is 20.0 Å². The predicted octanol–water partition coefficient (Wildman–Crippen LogP) is 4.74. The van der Waals surface area contributed by atoms with Crippen LogP contribution in [0.25, 0.3) is 5.65 Å². The van der Waals surface area contributed by atoms with Gasteiger partial charge in [0, 0.05) is 31.5 Å². The molecule has 4 rings (SSSR count). The van der Waals surface area contributed by atoms with E-state index >= 15 is 4.39 Å². The fraction of sp³-hybridized carbons (Fsp3) is 0.409. The van der Waals surface area contributed by atoms with Crippen molar-refractivity contribution in [2.45, 2.75) is 45.1 Å². The molecule has 3 aromatic heterocycles. The molecule has 1 aliphatic heterocycles. The molecule has 0 saturated carbocycles. The zero-order valence-corrected chi connectivity index (χ0v) is 17.6. The van der Waals surface area contributed by atoms with Crippen LogP contribution >= 0.6 is 0 Å². The third-order valence-electron chi connectivity index (χ3n) is 5.13. The molecule has 4 heterocycles. The molecule has 1 amide bonds. The van der Waals surface area contributed by atoms with Crippen molar-refractivity contribution in [2.24, 2.45) is 0 Å². The van der Waals surface area contributed by atoms with E-state index in [1.165, 1.54) is 22.7 Å². The first-order valence-corrected chi connectivity index (χ1v) is 10.4. The number of fused-ring (bicyclic) bond motifs is 1. The van der Waals surface area contributed by atoms with Crippen LogP contribution in [0, 0.1) is 5.82 Å². The molecule has 1 fully saturated rings. The lowest BCUT2D eigenvalue weighted by atomic mass is 9.97. The first-order valence-electron chi connectivity index (χ1n) is 10.4. The normalized spacial score (nSPS) is 15.0. The molecule has 0 aromatic carbocycles. The molecule has 1 N–H and O–H groups in total. The Kier molecular flexibility index (Phi) is 6.31. The second kappa shape index (κ2) is 9.15. The zero-order chi connectivity index (χ0) is 22.8. The summed E-state index contributed by atoms with van der Waals surface area (Å²) < 4.78 is 53.7. The molecular formula is C22H23F3N4O3. The summed E-state index contributed by atoms with van der Waals surface area (Å²) in [5.74, 6) is -1.69. The lowest BCUT2D eigenvalue weighted by Gasteiger charge is -2.19. The SMILES string of the molecule is CC(C)Oc1c(C(=O)Nc2cccc(C(F)F)n2)cn2cc(C3CCOCC3)nc2c1F. The minimum absolute atomic E-state index is 0.0523. The van der Waals surface area contributed by atoms with E-state index in [-0.39, 0.29) is 28.7 Å². The number of amides is 1. The third-order valence-corrected chi connectivity index (χ3v) is 5.13. The standard InChI is InChI=1S/C22H23F3N4O3/c1-12(2)32-19-14(22(30)28-17-5-3-4-15(26-17)20(24)25)10-29-11-16(27-21(29)18(19)23)13-6-8-31-9-7-13/h3-5,10-13,20H,6-9H2,1-2H3,(H,26,28,30). The molecule has 0 unspecified atom stereocenters. The first kappa shape index (κ1) is 22.1. The van der Waals surface area contributed by atoms with Gasteiger partial charge >= 0.3 is 0 Å². The number of hydrogen-bond acceptors (Lipinski definition) is 5. The topological polar surface area (TPSA) is 77.8 Å². The molecular weight excluding hydrogens is 425 g/mol. The van der Waals surface area contributed by atoms with Gasteiger partial charge in [-0.25, -0.2) is 18.7 Å². The molecule has 7 nitrogen and oxygen atoms in total. The Hall–Kier alpha value is -3.14. The molecule has 1 aliphatic rings. The number of rotatable bonds is 6. The number of anilines is 1. The number of hydrogen-bond donors (Lipinski definition) is 1. The maximum atomic E-state index is 15.4. The van der Waals surface area contributed by atoms with Crippen molar-refractivity contribution in [3.05, 3.63) is 53.4 Å². The highest BCUT2D eigenvalue weighted by molar-refractivity contribution is 6.06. The molecule has 0 radical (unpaired) electrons. The summed E-state index contributed by atoms with van der Waals surface area (Å²) in [5, 5.41) is 2.45. The van der Waals surface area contributed by atoms with Crippen LogP contribution in [-0.2, 0) is 4.74 Å². The van der Waals surface area contributed by atoms with Crippen molar-refractivity contribution < 1.29 is 27.4 Å². The largest absolute Gasteiger partial charge is 0.487 e. The molecule has 0 aliphatic carbocycles. The average molecular weight is 448 g/mol. The first-order chi connectivity index (χ1) is 15.3. The van der Waals surface area contributed by atoms with E-state index in [2.05, 4.69) is 15.3 Å². The Morgan fingerprint density at radius 1 is 1.22 bits per heavy atom. The number of pyridine rings is 2. The molecule has 0 spiro atoms. The minimum Gasteiger partial charge on any atom is -0.487 e. The number of imidazole rings is 1. The predicted molar refractivity (Wildman–Crippen MR) is 111 cm³/mol. The van der Waals surface area contributed by atoms with Crippen LogP contribution in [0.15, 0.2) is 30.6 Å². The maximum Gasteiger partial charge on any atom is 0.280 e. The fourth-order valence-electron chi connectivity index (χ4n) is 3.62. The van der Waals surface area contributed by atoms with Crippen molar-refractivity contribution in [3.8, 4) is 5.75 Å². The lowest BCUT2D eigenvalue weighted by molar-refractivity contribution is 0.0846. The second-order valence-corrected chi connectivity index (χ2v) is 7.84. The van der Waals surface area contributed by atoms with E-state index in [4.69, 9.17) is 9.47 Å². The summed E-state index contributed by atoms with van der Waals surface area (Å²) in [6.07, 6.45) is 1.48. The highest BCUT2D eigenvalue weighted by atomic mass is 19.3. The van der Waals surface area contributed by atoms with Gasteiger partial charge in [0.05, 0.1) is 11.8 Å². The smallest absolute Gasteiger partial charge is 0.280 e. The van der Waals surface area contributed by atoms with Gasteiger partial charge in [0.15, 0.2) is 11.4 Å². The third kappa shape index (κ3) is 4.55. The Labute approximate surface area is 182 Å². The van der Waals surface area contributed by atoms with E-state index < -0.39 is 29.9 Å². The van der Waals surface area contributed by atoms with Gasteiger partial charge in [0.1, 0.15) is 17.1 Å². The van der Waals surface area contributed by atoms with Gasteiger partial charge in [0.25, 0.3) is 12.3 Å². The Balaban J connectivity index is 1.72. The lowest BCUT2D eigenvalue weighted by Crippen LogP contribution is -2.18. The number of carbonyl (C=O) groups excluding carboxylic acids is 1. The summed E-state index contributed by atoms with van der Waals surface area (Å²) in [4.78, 5) is 21.1. The van der Waals surface area contributed by atoms with Gasteiger partial charge in [-0.15, -0.1) is 0 Å². The summed E-state index contributed by atoms with van der Waals surface area (Å²) in [7, 11) is 0. The van der Waals surface area contributed by atoms with E-state index in [9.17, 15) is 13.6 Å². The Morgan fingerprint density at radius 2 is 1.97 bits per heavy atom. The monoisotopic (exact) mass is 448 g/mol. The number of nitrogens with zero attached hydrogens (tertiary/aromatic N) is 3. The number of aromatic nitrogens is 3. The highest BCUT2D eigenvalue weighted by Crippen LogP contribution is 2.32. The van der Waals surface area contributed by atoms with E-state index in [1.807, 2.05) is 0 Å². The van der Waals surface area contributed by atoms with Gasteiger partial charge in [-0.1, -0.05) is 6.07 Å². The van der Waals surface area contributed by atoms with Crippen molar-refractivity contribution in [1.29, 1.82) is 0 Å². The number of ether oxygens (including phenoxy) is 2. The van der Waals surface area contributed by atoms with Gasteiger partial charge < -0.3 is 19.2 Å². The van der Waals surface area contributed by atoms with Crippen molar-refractivity contribution in [3.63, 3.8) is 0 Å². The zero-order valence-electron chi connectivity index (χ0n) is 17.6. The molecule has 1 saturated heterocycles. The van der Waals surface area contributed by atoms with Crippen LogP contribution in [0.2, 0.25) is 0 Å². The van der Waals surface area contributed by atoms with Gasteiger partial charge in [0.2, 0.25) is 5.82 Å². The molecule has 3 aromatic rings. The van der Waals surface area contributed by atoms with Crippen LogP contribution in [0.4, 0.5) is 19.0 Å². The van der Waals surface area contributed by atoms with Crippen LogP contribution in [0.3, 0.4) is 0 Å². The molecule has 170 valence electrons. The quantitative estimate of drug-likeness (QED) is 0.590. The summed E-state index contributed by atoms with van der Waals surface area (Å²) in [5.41, 5.74) is 0.200. The molecule has 0 bridgehead atoms. The number of carbonyl (C=O) groups is 1. The number of nitrogens with one attached hydrogen (secondary N) is 1. The van der Waals surface area contributed by atoms with Crippen LogP contribution in [-0.4, -0.2) is 39.6 Å². The van der Waals surface area contributed by atoms with Crippen molar-refractivity contribution >= 4 is 17.4 Å². The summed E-state index contributed by atoms with van der Waals surface area (Å²) >= 11 is 0. The van der Waals surface area contributed by atoms with E-state index in [0.29, 0.717) is 18.9 Å². The minimum atomic E-state index is -2.78. The molecule has 10 heteroatoms. The molecule has 0 atom stereocenters. The number of halogens is 3. The summed E-state index contributed by atoms with van der Waals surface area (Å²) in [6, 6.07) is 3.89. The second-order valence-electron chi connectivity index (χ2n) is 7.84. The highest BCUT2D eigenvalue weighted by Gasteiger charge is 2.26. The summed E-state index contributed by atoms with van der Waals surface area (Å²) in [6.45, 7) is 4.64. The van der Waals surface area contributed by atoms with Crippen molar-refractivity contribution in [2.75, 3.05) is 18.5 Å². The van der Waals surface area contributed by atoms with Gasteiger partial charge in [-0.05, 0) is 38.8 Å². The van der Waals surface area contributed by atoms with E-state index in [0.717, 1.165) is 18.9 Å². The van der Waals surface area contributed by atoms with Crippen LogP contribution in [0.1, 0.15) is 60.8 Å². The maximum absolute atomic E-state index is 15.4. The van der Waals surface area contributed by atoms with Crippen LogP contribution < -0.4 is 10.1 Å². The van der Waals surface area contributed by atoms with Crippen LogP contribution in [0.5, 0.6) is 5.75 Å². The van der Waals surface area contributed by atoms with Crippen molar-refractivity contribution in [1.82, 2.24) is 14.4 Å². The number of alkyl halides is 2. The van der Waals surface area contributed by atoms with Gasteiger partial charge in [-0.3, -0.25) is 4.79 Å². The Morgan fingerprint density at radius 3 is 2.66 bits per heavy atom. The Bertz CT molecular complexity index is 1130. The van der Waals surface area contributed by atoms with Gasteiger partial charge in [-0.2, -0.15) is 4.39 Å². The average Bonchev–Trinajstić information content (AvgIpc) is 3.21.